The van der Waals surface area contributed by atoms with Crippen molar-refractivity contribution in [3.63, 3.8) is 0 Å². The van der Waals surface area contributed by atoms with Crippen LogP contribution in [0.3, 0.4) is 0 Å². The summed E-state index contributed by atoms with van der Waals surface area (Å²) >= 11 is 12.2. The number of carbonyl (C=O) groups is 1. The minimum absolute atomic E-state index is 0.0839. The highest BCUT2D eigenvalue weighted by molar-refractivity contribution is 6.44. The lowest BCUT2D eigenvalue weighted by Gasteiger charge is -2.33. The molecule has 1 unspecified atom stereocenters. The van der Waals surface area contributed by atoms with Crippen molar-refractivity contribution in [1.82, 2.24) is 24.7 Å². The van der Waals surface area contributed by atoms with E-state index < -0.39 is 0 Å². The number of carbonyl (C=O) groups excluding carboxylic acids is 1. The van der Waals surface area contributed by atoms with E-state index >= 15 is 0 Å². The van der Waals surface area contributed by atoms with Crippen LogP contribution in [0.1, 0.15) is 12.8 Å². The third-order valence-electron chi connectivity index (χ3n) is 4.62. The largest absolute Gasteiger partial charge is 0.356 e. The highest BCUT2D eigenvalue weighted by Gasteiger charge is 2.27. The summed E-state index contributed by atoms with van der Waals surface area (Å²) in [5, 5.41) is 7.73. The number of rotatable bonds is 4. The smallest absolute Gasteiger partial charge is 0.229 e. The number of anilines is 2. The first kappa shape index (κ1) is 18.6. The number of hydrogen-bond donors (Lipinski definition) is 1. The Hall–Kier alpha value is -2.71. The molecule has 28 heavy (non-hydrogen) atoms. The zero-order valence-corrected chi connectivity index (χ0v) is 16.3. The number of benzene rings is 1. The van der Waals surface area contributed by atoms with Gasteiger partial charge < -0.3 is 10.2 Å². The van der Waals surface area contributed by atoms with Gasteiger partial charge in [0.25, 0.3) is 0 Å². The van der Waals surface area contributed by atoms with Crippen molar-refractivity contribution in [2.24, 2.45) is 5.92 Å². The molecule has 1 aromatic carbocycles. The quantitative estimate of drug-likeness (QED) is 0.700. The molecule has 3 heterocycles. The van der Waals surface area contributed by atoms with E-state index in [0.717, 1.165) is 25.2 Å². The second-order valence-corrected chi connectivity index (χ2v) is 7.24. The zero-order chi connectivity index (χ0) is 19.5. The van der Waals surface area contributed by atoms with Crippen molar-refractivity contribution in [3.05, 3.63) is 53.3 Å². The molecule has 144 valence electrons. The molecule has 1 atom stereocenters. The molecule has 1 saturated heterocycles. The number of halogens is 2. The van der Waals surface area contributed by atoms with Gasteiger partial charge in [-0.05, 0) is 25.0 Å². The minimum Gasteiger partial charge on any atom is -0.356 e. The van der Waals surface area contributed by atoms with Gasteiger partial charge in [-0.3, -0.25) is 4.79 Å². The lowest BCUT2D eigenvalue weighted by atomic mass is 9.97. The SMILES string of the molecule is O=C(Nc1cccc(Cl)c1Cl)C1CCCN(c2cc(-n3cncn3)ncn2)C1. The molecule has 0 saturated carbocycles. The van der Waals surface area contributed by atoms with E-state index in [9.17, 15) is 4.79 Å². The first-order chi connectivity index (χ1) is 13.6. The summed E-state index contributed by atoms with van der Waals surface area (Å²) in [6.07, 6.45) is 6.19. The molecule has 0 aliphatic carbocycles. The van der Waals surface area contributed by atoms with Crippen molar-refractivity contribution in [3.8, 4) is 5.82 Å². The van der Waals surface area contributed by atoms with Gasteiger partial charge in [0.2, 0.25) is 5.91 Å². The Bertz CT molecular complexity index is 980. The van der Waals surface area contributed by atoms with Crippen molar-refractivity contribution in [2.45, 2.75) is 12.8 Å². The maximum Gasteiger partial charge on any atom is 0.229 e. The summed E-state index contributed by atoms with van der Waals surface area (Å²) < 4.78 is 1.57. The van der Waals surface area contributed by atoms with Crippen LogP contribution in [0, 0.1) is 5.92 Å². The second-order valence-electron chi connectivity index (χ2n) is 6.45. The van der Waals surface area contributed by atoms with Gasteiger partial charge in [-0.25, -0.2) is 19.6 Å². The Balaban J connectivity index is 1.48. The molecule has 2 aromatic heterocycles. The molecule has 1 aliphatic heterocycles. The first-order valence-electron chi connectivity index (χ1n) is 8.78. The molecule has 8 nitrogen and oxygen atoms in total. The van der Waals surface area contributed by atoms with Crippen LogP contribution in [-0.4, -0.2) is 43.7 Å². The highest BCUT2D eigenvalue weighted by atomic mass is 35.5. The maximum atomic E-state index is 12.8. The van der Waals surface area contributed by atoms with E-state index in [-0.39, 0.29) is 11.8 Å². The summed E-state index contributed by atoms with van der Waals surface area (Å²) in [4.78, 5) is 27.4. The molecule has 10 heteroatoms. The molecule has 1 N–H and O–H groups in total. The molecule has 0 bridgehead atoms. The van der Waals surface area contributed by atoms with Crippen LogP contribution in [0.4, 0.5) is 11.5 Å². The predicted octanol–water partition coefficient (Wildman–Crippen LogP) is 3.22. The van der Waals surface area contributed by atoms with Crippen LogP contribution in [0.2, 0.25) is 10.0 Å². The summed E-state index contributed by atoms with van der Waals surface area (Å²) in [7, 11) is 0. The maximum absolute atomic E-state index is 12.8. The third kappa shape index (κ3) is 3.93. The fourth-order valence-electron chi connectivity index (χ4n) is 3.20. The average Bonchev–Trinajstić information content (AvgIpc) is 3.27. The predicted molar refractivity (Wildman–Crippen MR) is 107 cm³/mol. The van der Waals surface area contributed by atoms with Crippen molar-refractivity contribution in [2.75, 3.05) is 23.3 Å². The van der Waals surface area contributed by atoms with E-state index in [0.29, 0.717) is 28.1 Å². The Morgan fingerprint density at radius 3 is 2.86 bits per heavy atom. The number of piperidine rings is 1. The molecular weight excluding hydrogens is 401 g/mol. The fraction of sp³-hybridized carbons (Fsp3) is 0.278. The average molecular weight is 418 g/mol. The van der Waals surface area contributed by atoms with Gasteiger partial charge in [0, 0.05) is 19.2 Å². The van der Waals surface area contributed by atoms with Crippen LogP contribution in [0.25, 0.3) is 5.82 Å². The lowest BCUT2D eigenvalue weighted by molar-refractivity contribution is -0.120. The number of nitrogens with one attached hydrogen (secondary N) is 1. The highest BCUT2D eigenvalue weighted by Crippen LogP contribution is 2.30. The summed E-state index contributed by atoms with van der Waals surface area (Å²) in [6.45, 7) is 1.37. The van der Waals surface area contributed by atoms with Crippen molar-refractivity contribution >= 4 is 40.6 Å². The van der Waals surface area contributed by atoms with Gasteiger partial charge in [-0.2, -0.15) is 5.10 Å². The van der Waals surface area contributed by atoms with Gasteiger partial charge >= 0.3 is 0 Å². The van der Waals surface area contributed by atoms with Crippen molar-refractivity contribution in [1.29, 1.82) is 0 Å². The molecule has 0 radical (unpaired) electrons. The molecule has 1 amide bonds. The third-order valence-corrected chi connectivity index (χ3v) is 5.44. The number of amides is 1. The van der Waals surface area contributed by atoms with Gasteiger partial charge in [0.1, 0.15) is 24.8 Å². The Morgan fingerprint density at radius 2 is 2.04 bits per heavy atom. The zero-order valence-electron chi connectivity index (χ0n) is 14.8. The van der Waals surface area contributed by atoms with E-state index in [1.54, 1.807) is 29.2 Å². The normalized spacial score (nSPS) is 16.8. The summed E-state index contributed by atoms with van der Waals surface area (Å²) in [5.41, 5.74) is 0.520. The molecule has 4 rings (SSSR count). The van der Waals surface area contributed by atoms with E-state index in [4.69, 9.17) is 23.2 Å². The van der Waals surface area contributed by atoms with E-state index in [2.05, 4.69) is 30.3 Å². The van der Waals surface area contributed by atoms with Gasteiger partial charge in [-0.1, -0.05) is 29.3 Å². The fourth-order valence-corrected chi connectivity index (χ4v) is 3.54. The molecular formula is C18H17Cl2N7O. The topological polar surface area (TPSA) is 88.8 Å². The van der Waals surface area contributed by atoms with Gasteiger partial charge in [-0.15, -0.1) is 0 Å². The summed E-state index contributed by atoms with van der Waals surface area (Å²) in [6, 6.07) is 7.01. The Labute approximate surface area is 171 Å². The van der Waals surface area contributed by atoms with E-state index in [1.807, 2.05) is 6.07 Å². The first-order valence-corrected chi connectivity index (χ1v) is 9.54. The van der Waals surface area contributed by atoms with Crippen LogP contribution in [0.5, 0.6) is 0 Å². The van der Waals surface area contributed by atoms with Gasteiger partial charge in [0.05, 0.1) is 21.7 Å². The minimum atomic E-state index is -0.186. The molecule has 1 aliphatic rings. The van der Waals surface area contributed by atoms with Crippen LogP contribution >= 0.6 is 23.2 Å². The van der Waals surface area contributed by atoms with E-state index in [1.165, 1.54) is 12.7 Å². The standard InChI is InChI=1S/C18H17Cl2N7O/c19-13-4-1-5-14(17(13)20)25-18(28)12-3-2-6-26(8-12)15-7-16(23-10-22-15)27-11-21-9-24-27/h1,4-5,7,9-12H,2-3,6,8H2,(H,25,28). The Kier molecular flexibility index (Phi) is 5.40. The molecule has 3 aromatic rings. The second kappa shape index (κ2) is 8.12. The molecule has 0 spiro atoms. The van der Waals surface area contributed by atoms with Crippen LogP contribution in [0.15, 0.2) is 43.2 Å². The van der Waals surface area contributed by atoms with Gasteiger partial charge in [0.15, 0.2) is 5.82 Å². The van der Waals surface area contributed by atoms with Crippen molar-refractivity contribution < 1.29 is 4.79 Å². The van der Waals surface area contributed by atoms with Crippen LogP contribution < -0.4 is 10.2 Å². The monoisotopic (exact) mass is 417 g/mol. The Morgan fingerprint density at radius 1 is 1.18 bits per heavy atom. The number of aromatic nitrogens is 5. The summed E-state index contributed by atoms with van der Waals surface area (Å²) in [5.74, 6) is 1.10. The van der Waals surface area contributed by atoms with Crippen LogP contribution in [-0.2, 0) is 4.79 Å². The lowest BCUT2D eigenvalue weighted by Crippen LogP contribution is -2.41. The number of hydrogen-bond acceptors (Lipinski definition) is 6. The number of nitrogens with zero attached hydrogens (tertiary/aromatic N) is 6. The molecule has 1 fully saturated rings.